The normalized spacial score (nSPS) is 10.4. The first-order valence-corrected chi connectivity index (χ1v) is 6.88. The van der Waals surface area contributed by atoms with E-state index in [1.165, 1.54) is 0 Å². The Morgan fingerprint density at radius 3 is 2.89 bits per heavy atom. The second-order valence-corrected chi connectivity index (χ2v) is 5.35. The fraction of sp³-hybridized carbons (Fsp3) is 0.250. The summed E-state index contributed by atoms with van der Waals surface area (Å²) in [6.45, 7) is 4.05. The molecule has 0 aliphatic carbocycles. The predicted octanol–water partition coefficient (Wildman–Crippen LogP) is 2.90. The minimum atomic E-state index is 0.283. The second kappa shape index (κ2) is 5.88. The van der Waals surface area contributed by atoms with E-state index in [0.717, 1.165) is 10.6 Å². The van der Waals surface area contributed by atoms with E-state index in [1.54, 1.807) is 17.5 Å². The van der Waals surface area contributed by atoms with Gasteiger partial charge in [-0.05, 0) is 43.6 Å². The predicted molar refractivity (Wildman–Crippen MR) is 79.8 cm³/mol. The maximum Gasteiger partial charge on any atom is 0.229 e. The van der Waals surface area contributed by atoms with Gasteiger partial charge in [0.1, 0.15) is 0 Å². The number of hydrogen-bond donors (Lipinski definition) is 2. The summed E-state index contributed by atoms with van der Waals surface area (Å²) in [6, 6.07) is 6.20. The molecule has 18 heavy (non-hydrogen) atoms. The zero-order valence-electron chi connectivity index (χ0n) is 10.2. The maximum atomic E-state index is 5.16. The zero-order chi connectivity index (χ0) is 13.0. The third kappa shape index (κ3) is 3.48. The highest BCUT2D eigenvalue weighted by atomic mass is 32.1. The molecule has 6 heteroatoms. The summed E-state index contributed by atoms with van der Waals surface area (Å²) in [7, 11) is 0. The van der Waals surface area contributed by atoms with E-state index < -0.39 is 0 Å². The fourth-order valence-corrected chi connectivity index (χ4v) is 2.40. The monoisotopic (exact) mass is 278 g/mol. The molecule has 2 aromatic heterocycles. The van der Waals surface area contributed by atoms with Crippen LogP contribution in [0.15, 0.2) is 29.8 Å². The van der Waals surface area contributed by atoms with Crippen LogP contribution in [0.5, 0.6) is 0 Å². The SMILES string of the molecule is CC(C)NC(=S)Nc1nccc(-c2cccs2)n1. The Morgan fingerprint density at radius 1 is 1.39 bits per heavy atom. The number of nitrogens with one attached hydrogen (secondary N) is 2. The number of anilines is 1. The lowest BCUT2D eigenvalue weighted by Crippen LogP contribution is -2.34. The van der Waals surface area contributed by atoms with Gasteiger partial charge in [0.15, 0.2) is 5.11 Å². The van der Waals surface area contributed by atoms with Gasteiger partial charge in [0.05, 0.1) is 10.6 Å². The molecule has 0 bridgehead atoms. The molecule has 0 unspecified atom stereocenters. The van der Waals surface area contributed by atoms with E-state index in [2.05, 4.69) is 20.6 Å². The Kier molecular flexibility index (Phi) is 4.22. The van der Waals surface area contributed by atoms with E-state index >= 15 is 0 Å². The summed E-state index contributed by atoms with van der Waals surface area (Å²) in [5, 5.41) is 8.63. The van der Waals surface area contributed by atoms with Crippen LogP contribution in [0, 0.1) is 0 Å². The van der Waals surface area contributed by atoms with Crippen molar-refractivity contribution in [3.63, 3.8) is 0 Å². The molecule has 0 saturated carbocycles. The van der Waals surface area contributed by atoms with E-state index in [1.807, 2.05) is 37.4 Å². The van der Waals surface area contributed by atoms with Gasteiger partial charge in [-0.15, -0.1) is 11.3 Å². The lowest BCUT2D eigenvalue weighted by molar-refractivity contribution is 0.738. The summed E-state index contributed by atoms with van der Waals surface area (Å²) in [4.78, 5) is 9.69. The molecule has 0 fully saturated rings. The van der Waals surface area contributed by atoms with Crippen molar-refractivity contribution in [1.82, 2.24) is 15.3 Å². The van der Waals surface area contributed by atoms with E-state index in [0.29, 0.717) is 11.1 Å². The Bertz CT molecular complexity index is 523. The Balaban J connectivity index is 2.11. The van der Waals surface area contributed by atoms with Crippen molar-refractivity contribution in [3.05, 3.63) is 29.8 Å². The lowest BCUT2D eigenvalue weighted by atomic mass is 10.3. The van der Waals surface area contributed by atoms with Gasteiger partial charge in [-0.2, -0.15) is 0 Å². The molecule has 0 aliphatic rings. The van der Waals surface area contributed by atoms with Crippen molar-refractivity contribution >= 4 is 34.6 Å². The molecule has 0 saturated heterocycles. The van der Waals surface area contributed by atoms with E-state index in [9.17, 15) is 0 Å². The van der Waals surface area contributed by atoms with Crippen LogP contribution in [0.1, 0.15) is 13.8 Å². The topological polar surface area (TPSA) is 49.8 Å². The van der Waals surface area contributed by atoms with Gasteiger partial charge in [0.2, 0.25) is 5.95 Å². The van der Waals surface area contributed by atoms with Crippen LogP contribution in [-0.4, -0.2) is 21.1 Å². The minimum Gasteiger partial charge on any atom is -0.360 e. The van der Waals surface area contributed by atoms with Gasteiger partial charge in [0.25, 0.3) is 0 Å². The first kappa shape index (κ1) is 12.9. The number of hydrogen-bond acceptors (Lipinski definition) is 4. The number of nitrogens with zero attached hydrogens (tertiary/aromatic N) is 2. The summed E-state index contributed by atoms with van der Waals surface area (Å²) in [5.41, 5.74) is 0.898. The molecule has 2 N–H and O–H groups in total. The standard InChI is InChI=1S/C12H14N4S2/c1-8(2)14-12(17)16-11-13-6-5-9(15-11)10-4-3-7-18-10/h3-8H,1-2H3,(H2,13,14,15,16,17). The number of thiophene rings is 1. The average molecular weight is 278 g/mol. The summed E-state index contributed by atoms with van der Waals surface area (Å²) >= 11 is 6.80. The molecule has 0 radical (unpaired) electrons. The van der Waals surface area contributed by atoms with E-state index in [4.69, 9.17) is 12.2 Å². The highest BCUT2D eigenvalue weighted by Gasteiger charge is 2.05. The minimum absolute atomic E-state index is 0.283. The van der Waals surface area contributed by atoms with Gasteiger partial charge in [0, 0.05) is 12.2 Å². The molecule has 94 valence electrons. The molecule has 0 atom stereocenters. The molecule has 4 nitrogen and oxygen atoms in total. The number of thiocarbonyl (C=S) groups is 1. The van der Waals surface area contributed by atoms with Crippen LogP contribution in [-0.2, 0) is 0 Å². The first-order valence-electron chi connectivity index (χ1n) is 5.59. The van der Waals surface area contributed by atoms with Crippen LogP contribution >= 0.6 is 23.6 Å². The van der Waals surface area contributed by atoms with Crippen molar-refractivity contribution in [2.24, 2.45) is 0 Å². The highest BCUT2D eigenvalue weighted by Crippen LogP contribution is 2.22. The quantitative estimate of drug-likeness (QED) is 0.846. The molecule has 0 amide bonds. The summed E-state index contributed by atoms with van der Waals surface area (Å²) < 4.78 is 0. The number of aromatic nitrogens is 2. The third-order valence-electron chi connectivity index (χ3n) is 2.07. The van der Waals surface area contributed by atoms with Crippen molar-refractivity contribution in [3.8, 4) is 10.6 Å². The van der Waals surface area contributed by atoms with Crippen molar-refractivity contribution in [2.45, 2.75) is 19.9 Å². The van der Waals surface area contributed by atoms with Crippen LogP contribution in [0.2, 0.25) is 0 Å². The summed E-state index contributed by atoms with van der Waals surface area (Å²) in [5.74, 6) is 0.513. The Labute approximate surface area is 115 Å². The van der Waals surface area contributed by atoms with Crippen LogP contribution in [0.3, 0.4) is 0 Å². The lowest BCUT2D eigenvalue weighted by Gasteiger charge is -2.12. The fourth-order valence-electron chi connectivity index (χ4n) is 1.38. The largest absolute Gasteiger partial charge is 0.360 e. The summed E-state index contributed by atoms with van der Waals surface area (Å²) in [6.07, 6.45) is 1.72. The molecular weight excluding hydrogens is 264 g/mol. The number of rotatable bonds is 3. The van der Waals surface area contributed by atoms with Crippen LogP contribution in [0.4, 0.5) is 5.95 Å². The van der Waals surface area contributed by atoms with Gasteiger partial charge in [-0.25, -0.2) is 9.97 Å². The highest BCUT2D eigenvalue weighted by molar-refractivity contribution is 7.80. The van der Waals surface area contributed by atoms with Crippen molar-refractivity contribution in [1.29, 1.82) is 0 Å². The average Bonchev–Trinajstić information content (AvgIpc) is 2.81. The van der Waals surface area contributed by atoms with Gasteiger partial charge < -0.3 is 10.6 Å². The molecule has 0 aliphatic heterocycles. The van der Waals surface area contributed by atoms with Crippen LogP contribution in [0.25, 0.3) is 10.6 Å². The second-order valence-electron chi connectivity index (χ2n) is 4.00. The molecule has 2 aromatic rings. The Morgan fingerprint density at radius 2 is 2.22 bits per heavy atom. The van der Waals surface area contributed by atoms with Gasteiger partial charge in [-0.3, -0.25) is 0 Å². The van der Waals surface area contributed by atoms with Crippen molar-refractivity contribution < 1.29 is 0 Å². The van der Waals surface area contributed by atoms with E-state index in [-0.39, 0.29) is 6.04 Å². The van der Waals surface area contributed by atoms with Crippen molar-refractivity contribution in [2.75, 3.05) is 5.32 Å². The zero-order valence-corrected chi connectivity index (χ0v) is 11.8. The van der Waals surface area contributed by atoms with Gasteiger partial charge >= 0.3 is 0 Å². The molecule has 0 spiro atoms. The smallest absolute Gasteiger partial charge is 0.229 e. The van der Waals surface area contributed by atoms with Gasteiger partial charge in [-0.1, -0.05) is 6.07 Å². The Hall–Kier alpha value is -1.53. The molecule has 0 aromatic carbocycles. The maximum absolute atomic E-state index is 5.16. The molecular formula is C12H14N4S2. The van der Waals surface area contributed by atoms with Crippen LogP contribution < -0.4 is 10.6 Å². The molecule has 2 heterocycles. The third-order valence-corrected chi connectivity index (χ3v) is 3.19. The first-order chi connectivity index (χ1) is 8.65. The molecule has 2 rings (SSSR count).